The topological polar surface area (TPSA) is 70.7 Å². The summed E-state index contributed by atoms with van der Waals surface area (Å²) in [6.45, 7) is 4.35. The minimum atomic E-state index is -0.123. The van der Waals surface area contributed by atoms with E-state index < -0.39 is 0 Å². The molecule has 0 saturated carbocycles. The molecule has 25 heavy (non-hydrogen) atoms. The third-order valence-corrected chi connectivity index (χ3v) is 4.45. The fourth-order valence-electron chi connectivity index (χ4n) is 3.00. The highest BCUT2D eigenvalue weighted by molar-refractivity contribution is 5.78. The molecule has 1 heterocycles. The predicted molar refractivity (Wildman–Crippen MR) is 97.5 cm³/mol. The van der Waals surface area contributed by atoms with Gasteiger partial charge in [0.15, 0.2) is 6.61 Å². The SMILES string of the molecule is CCC(NC(=O)CCNC)c1ccccc1OCC(=O)N1CCCC1. The van der Waals surface area contributed by atoms with E-state index in [0.717, 1.165) is 37.9 Å². The van der Waals surface area contributed by atoms with Crippen LogP contribution in [0.25, 0.3) is 0 Å². The van der Waals surface area contributed by atoms with Crippen LogP contribution in [0.4, 0.5) is 0 Å². The number of nitrogens with one attached hydrogen (secondary N) is 2. The van der Waals surface area contributed by atoms with Crippen LogP contribution < -0.4 is 15.4 Å². The van der Waals surface area contributed by atoms with Crippen LogP contribution in [0.15, 0.2) is 24.3 Å². The first kappa shape index (κ1) is 19.2. The summed E-state index contributed by atoms with van der Waals surface area (Å²) in [7, 11) is 1.82. The van der Waals surface area contributed by atoms with Gasteiger partial charge in [0.2, 0.25) is 5.91 Å². The molecule has 2 amide bonds. The summed E-state index contributed by atoms with van der Waals surface area (Å²) in [5.74, 6) is 0.693. The Kier molecular flexibility index (Phi) is 7.73. The van der Waals surface area contributed by atoms with Crippen molar-refractivity contribution in [2.24, 2.45) is 0 Å². The number of benzene rings is 1. The van der Waals surface area contributed by atoms with Crippen LogP contribution >= 0.6 is 0 Å². The number of rotatable bonds is 9. The van der Waals surface area contributed by atoms with Crippen LogP contribution in [0.3, 0.4) is 0 Å². The second-order valence-electron chi connectivity index (χ2n) is 6.30. The lowest BCUT2D eigenvalue weighted by Crippen LogP contribution is -2.33. The van der Waals surface area contributed by atoms with Crippen LogP contribution in [-0.4, -0.2) is 50.0 Å². The molecule has 1 atom stereocenters. The van der Waals surface area contributed by atoms with Crippen molar-refractivity contribution in [3.8, 4) is 5.75 Å². The Morgan fingerprint density at radius 2 is 1.96 bits per heavy atom. The van der Waals surface area contributed by atoms with Gasteiger partial charge in [0.05, 0.1) is 6.04 Å². The molecule has 1 aromatic rings. The maximum atomic E-state index is 12.2. The molecule has 0 aromatic heterocycles. The van der Waals surface area contributed by atoms with Crippen molar-refractivity contribution in [3.05, 3.63) is 29.8 Å². The highest BCUT2D eigenvalue weighted by Crippen LogP contribution is 2.27. The number of likely N-dealkylation sites (tertiary alicyclic amines) is 1. The highest BCUT2D eigenvalue weighted by atomic mass is 16.5. The van der Waals surface area contributed by atoms with E-state index in [9.17, 15) is 9.59 Å². The summed E-state index contributed by atoms with van der Waals surface area (Å²) in [4.78, 5) is 26.1. The molecular formula is C19H29N3O3. The van der Waals surface area contributed by atoms with Gasteiger partial charge in [-0.05, 0) is 32.4 Å². The molecule has 1 aromatic carbocycles. The maximum Gasteiger partial charge on any atom is 0.260 e. The van der Waals surface area contributed by atoms with Crippen LogP contribution in [0.5, 0.6) is 5.75 Å². The molecule has 6 heteroatoms. The number of carbonyl (C=O) groups excluding carboxylic acids is 2. The molecule has 2 N–H and O–H groups in total. The van der Waals surface area contributed by atoms with Gasteiger partial charge in [-0.15, -0.1) is 0 Å². The van der Waals surface area contributed by atoms with Gasteiger partial charge in [0.25, 0.3) is 5.91 Å². The van der Waals surface area contributed by atoms with E-state index in [1.807, 2.05) is 43.1 Å². The third-order valence-electron chi connectivity index (χ3n) is 4.45. The van der Waals surface area contributed by atoms with Crippen molar-refractivity contribution in [3.63, 3.8) is 0 Å². The lowest BCUT2D eigenvalue weighted by Gasteiger charge is -2.21. The minimum Gasteiger partial charge on any atom is -0.483 e. The molecule has 1 fully saturated rings. The number of ether oxygens (including phenoxy) is 1. The number of nitrogens with zero attached hydrogens (tertiary/aromatic N) is 1. The average Bonchev–Trinajstić information content (AvgIpc) is 3.17. The van der Waals surface area contributed by atoms with Gasteiger partial charge >= 0.3 is 0 Å². The Morgan fingerprint density at radius 1 is 1.24 bits per heavy atom. The third kappa shape index (κ3) is 5.74. The van der Waals surface area contributed by atoms with E-state index in [4.69, 9.17) is 4.74 Å². The standard InChI is InChI=1S/C19H29N3O3/c1-3-16(21-18(23)10-11-20-2)15-8-4-5-9-17(15)25-14-19(24)22-12-6-7-13-22/h4-5,8-9,16,20H,3,6-7,10-14H2,1-2H3,(H,21,23). The van der Waals surface area contributed by atoms with E-state index in [0.29, 0.717) is 18.7 Å². The van der Waals surface area contributed by atoms with Gasteiger partial charge in [0.1, 0.15) is 5.75 Å². The first-order chi connectivity index (χ1) is 12.2. The number of para-hydroxylation sites is 1. The summed E-state index contributed by atoms with van der Waals surface area (Å²) in [5, 5.41) is 6.02. The zero-order valence-electron chi connectivity index (χ0n) is 15.2. The number of amides is 2. The van der Waals surface area contributed by atoms with Crippen molar-refractivity contribution in [1.82, 2.24) is 15.5 Å². The molecule has 138 valence electrons. The Balaban J connectivity index is 1.99. The van der Waals surface area contributed by atoms with E-state index in [1.54, 1.807) is 0 Å². The fraction of sp³-hybridized carbons (Fsp3) is 0.579. The molecular weight excluding hydrogens is 318 g/mol. The molecule has 1 saturated heterocycles. The zero-order valence-corrected chi connectivity index (χ0v) is 15.2. The van der Waals surface area contributed by atoms with Crippen molar-refractivity contribution in [1.29, 1.82) is 0 Å². The molecule has 1 aliphatic rings. The molecule has 1 unspecified atom stereocenters. The van der Waals surface area contributed by atoms with E-state index >= 15 is 0 Å². The highest BCUT2D eigenvalue weighted by Gasteiger charge is 2.20. The van der Waals surface area contributed by atoms with Crippen LogP contribution in [-0.2, 0) is 9.59 Å². The van der Waals surface area contributed by atoms with Crippen LogP contribution in [0.2, 0.25) is 0 Å². The maximum absolute atomic E-state index is 12.2. The van der Waals surface area contributed by atoms with Gasteiger partial charge in [0, 0.05) is 31.6 Å². The molecule has 6 nitrogen and oxygen atoms in total. The summed E-state index contributed by atoms with van der Waals surface area (Å²) >= 11 is 0. The van der Waals surface area contributed by atoms with Crippen molar-refractivity contribution >= 4 is 11.8 Å². The molecule has 0 bridgehead atoms. The second-order valence-corrected chi connectivity index (χ2v) is 6.30. The van der Waals surface area contributed by atoms with Gasteiger partial charge in [-0.1, -0.05) is 25.1 Å². The smallest absolute Gasteiger partial charge is 0.260 e. The first-order valence-electron chi connectivity index (χ1n) is 9.09. The summed E-state index contributed by atoms with van der Waals surface area (Å²) < 4.78 is 5.80. The first-order valence-corrected chi connectivity index (χ1v) is 9.09. The molecule has 2 rings (SSSR count). The molecule has 1 aliphatic heterocycles. The van der Waals surface area contributed by atoms with E-state index in [-0.39, 0.29) is 24.5 Å². The molecule has 0 aliphatic carbocycles. The summed E-state index contributed by atoms with van der Waals surface area (Å²) in [6.07, 6.45) is 3.33. The molecule has 0 spiro atoms. The average molecular weight is 347 g/mol. The van der Waals surface area contributed by atoms with E-state index in [2.05, 4.69) is 10.6 Å². The Hall–Kier alpha value is -2.08. The summed E-state index contributed by atoms with van der Waals surface area (Å²) in [6, 6.07) is 7.49. The lowest BCUT2D eigenvalue weighted by atomic mass is 10.0. The van der Waals surface area contributed by atoms with E-state index in [1.165, 1.54) is 0 Å². The number of hydrogen-bond acceptors (Lipinski definition) is 4. The largest absolute Gasteiger partial charge is 0.483 e. The second kappa shape index (κ2) is 10.0. The number of carbonyl (C=O) groups is 2. The van der Waals surface area contributed by atoms with Crippen molar-refractivity contribution in [2.45, 2.75) is 38.6 Å². The Labute approximate surface area is 149 Å². The number of hydrogen-bond donors (Lipinski definition) is 2. The minimum absolute atomic E-state index is 0.00384. The predicted octanol–water partition coefficient (Wildman–Crippen LogP) is 1.86. The van der Waals surface area contributed by atoms with Gasteiger partial charge in [-0.25, -0.2) is 0 Å². The van der Waals surface area contributed by atoms with Gasteiger partial charge in [-0.3, -0.25) is 9.59 Å². The Morgan fingerprint density at radius 3 is 2.64 bits per heavy atom. The normalized spacial score (nSPS) is 15.0. The molecule has 0 radical (unpaired) electrons. The van der Waals surface area contributed by atoms with Crippen LogP contribution in [0.1, 0.15) is 44.2 Å². The Bertz CT molecular complexity index is 571. The zero-order chi connectivity index (χ0) is 18.1. The summed E-state index contributed by atoms with van der Waals surface area (Å²) in [5.41, 5.74) is 0.914. The van der Waals surface area contributed by atoms with Crippen molar-refractivity contribution < 1.29 is 14.3 Å². The quantitative estimate of drug-likeness (QED) is 0.715. The van der Waals surface area contributed by atoms with Gasteiger partial charge < -0.3 is 20.3 Å². The van der Waals surface area contributed by atoms with Crippen molar-refractivity contribution in [2.75, 3.05) is 33.3 Å². The van der Waals surface area contributed by atoms with Crippen LogP contribution in [0, 0.1) is 0 Å². The fourth-order valence-corrected chi connectivity index (χ4v) is 3.00. The monoisotopic (exact) mass is 347 g/mol. The lowest BCUT2D eigenvalue weighted by molar-refractivity contribution is -0.132. The van der Waals surface area contributed by atoms with Gasteiger partial charge in [-0.2, -0.15) is 0 Å².